The Morgan fingerprint density at radius 2 is 1.68 bits per heavy atom. The quantitative estimate of drug-likeness (QED) is 0.748. The van der Waals surface area contributed by atoms with Crippen LogP contribution in [-0.2, 0) is 14.8 Å². The molecule has 1 N–H and O–H groups in total. The van der Waals surface area contributed by atoms with Crippen LogP contribution in [0.25, 0.3) is 6.08 Å². The van der Waals surface area contributed by atoms with Crippen LogP contribution in [0.3, 0.4) is 0 Å². The molecule has 1 amide bonds. The fourth-order valence-corrected chi connectivity index (χ4v) is 2.59. The molecule has 122 valence electrons. The van der Waals surface area contributed by atoms with Gasteiger partial charge >= 0.3 is 0 Å². The van der Waals surface area contributed by atoms with E-state index in [-0.39, 0.29) is 5.91 Å². The molecule has 0 saturated carbocycles. The van der Waals surface area contributed by atoms with Crippen LogP contribution in [0.15, 0.2) is 30.3 Å². The highest BCUT2D eigenvalue weighted by Crippen LogP contribution is 2.12. The summed E-state index contributed by atoms with van der Waals surface area (Å²) >= 11 is 0. The molecule has 5 nitrogen and oxygen atoms in total. The van der Waals surface area contributed by atoms with Crippen molar-refractivity contribution in [2.75, 3.05) is 24.1 Å². The van der Waals surface area contributed by atoms with E-state index in [4.69, 9.17) is 0 Å². The van der Waals surface area contributed by atoms with E-state index >= 15 is 0 Å². The van der Waals surface area contributed by atoms with Crippen LogP contribution in [0.4, 0.5) is 5.69 Å². The molecule has 0 spiro atoms. The molecule has 6 heteroatoms. The highest BCUT2D eigenvalue weighted by Gasteiger charge is 2.07. The van der Waals surface area contributed by atoms with Gasteiger partial charge in [0.2, 0.25) is 15.9 Å². The van der Waals surface area contributed by atoms with Crippen molar-refractivity contribution in [3.8, 4) is 0 Å². The first-order valence-electron chi connectivity index (χ1n) is 7.40. The smallest absolute Gasteiger partial charge is 0.246 e. The van der Waals surface area contributed by atoms with Gasteiger partial charge in [-0.3, -0.25) is 9.52 Å². The lowest BCUT2D eigenvalue weighted by Crippen LogP contribution is -2.30. The number of hydrogen-bond acceptors (Lipinski definition) is 3. The average molecular weight is 324 g/mol. The zero-order valence-corrected chi connectivity index (χ0v) is 14.2. The minimum Gasteiger partial charge on any atom is -0.339 e. The zero-order valence-electron chi connectivity index (χ0n) is 13.4. The van der Waals surface area contributed by atoms with Crippen LogP contribution in [-0.4, -0.2) is 38.6 Å². The first-order valence-corrected chi connectivity index (χ1v) is 9.29. The van der Waals surface area contributed by atoms with Crippen molar-refractivity contribution in [3.05, 3.63) is 35.9 Å². The standard InChI is InChI=1S/C16H24N2O3S/c1-4-12-18(13-5-2)16(19)11-8-14-6-9-15(10-7-14)17-22(3,20)21/h6-11,17H,4-5,12-13H2,1-3H3/b11-8+. The summed E-state index contributed by atoms with van der Waals surface area (Å²) in [5, 5.41) is 0. The molecule has 0 aromatic heterocycles. The number of sulfonamides is 1. The van der Waals surface area contributed by atoms with Gasteiger partial charge in [0, 0.05) is 24.9 Å². The number of rotatable bonds is 8. The number of nitrogens with one attached hydrogen (secondary N) is 1. The first-order chi connectivity index (χ1) is 10.4. The normalized spacial score (nSPS) is 11.6. The lowest BCUT2D eigenvalue weighted by molar-refractivity contribution is -0.126. The monoisotopic (exact) mass is 324 g/mol. The van der Waals surface area contributed by atoms with Gasteiger partial charge in [-0.05, 0) is 36.6 Å². The second-order valence-electron chi connectivity index (χ2n) is 5.15. The molecule has 1 rings (SSSR count). The Labute approximate surface area is 133 Å². The third-order valence-corrected chi connectivity index (χ3v) is 3.54. The predicted octanol–water partition coefficient (Wildman–Crippen LogP) is 2.72. The van der Waals surface area contributed by atoms with Gasteiger partial charge in [0.05, 0.1) is 6.26 Å². The first kappa shape index (κ1) is 18.2. The molecule has 22 heavy (non-hydrogen) atoms. The van der Waals surface area contributed by atoms with Crippen molar-refractivity contribution in [1.29, 1.82) is 0 Å². The minimum absolute atomic E-state index is 0.00189. The van der Waals surface area contributed by atoms with Crippen molar-refractivity contribution in [1.82, 2.24) is 4.90 Å². The van der Waals surface area contributed by atoms with E-state index in [2.05, 4.69) is 4.72 Å². The Kier molecular flexibility index (Phi) is 7.11. The van der Waals surface area contributed by atoms with Crippen LogP contribution in [0.1, 0.15) is 32.3 Å². The van der Waals surface area contributed by atoms with E-state index in [1.165, 1.54) is 0 Å². The second-order valence-corrected chi connectivity index (χ2v) is 6.90. The minimum atomic E-state index is -3.27. The number of carbonyl (C=O) groups is 1. The van der Waals surface area contributed by atoms with Crippen LogP contribution in [0.5, 0.6) is 0 Å². The third-order valence-electron chi connectivity index (χ3n) is 2.93. The maximum Gasteiger partial charge on any atom is 0.246 e. The van der Waals surface area contributed by atoms with Gasteiger partial charge in [-0.15, -0.1) is 0 Å². The van der Waals surface area contributed by atoms with Gasteiger partial charge in [-0.25, -0.2) is 8.42 Å². The Balaban J connectivity index is 2.71. The van der Waals surface area contributed by atoms with Crippen molar-refractivity contribution in [2.24, 2.45) is 0 Å². The lowest BCUT2D eigenvalue weighted by atomic mass is 10.2. The Morgan fingerprint density at radius 1 is 1.14 bits per heavy atom. The molecular formula is C16H24N2O3S. The van der Waals surface area contributed by atoms with E-state index < -0.39 is 10.0 Å². The van der Waals surface area contributed by atoms with E-state index in [0.717, 1.165) is 37.8 Å². The summed E-state index contributed by atoms with van der Waals surface area (Å²) in [7, 11) is -3.27. The lowest BCUT2D eigenvalue weighted by Gasteiger charge is -2.19. The largest absolute Gasteiger partial charge is 0.339 e. The van der Waals surface area contributed by atoms with Crippen molar-refractivity contribution < 1.29 is 13.2 Å². The van der Waals surface area contributed by atoms with Crippen molar-refractivity contribution >= 4 is 27.7 Å². The van der Waals surface area contributed by atoms with Gasteiger partial charge in [0.1, 0.15) is 0 Å². The van der Waals surface area contributed by atoms with Crippen LogP contribution in [0.2, 0.25) is 0 Å². The zero-order chi connectivity index (χ0) is 16.6. The molecule has 0 unspecified atom stereocenters. The van der Waals surface area contributed by atoms with E-state index in [0.29, 0.717) is 5.69 Å². The predicted molar refractivity (Wildman–Crippen MR) is 91.1 cm³/mol. The molecule has 1 aromatic rings. The maximum atomic E-state index is 12.1. The summed E-state index contributed by atoms with van der Waals surface area (Å²) in [6.07, 6.45) is 6.28. The highest BCUT2D eigenvalue weighted by atomic mass is 32.2. The summed E-state index contributed by atoms with van der Waals surface area (Å²) < 4.78 is 24.6. The molecule has 0 atom stereocenters. The van der Waals surface area contributed by atoms with Gasteiger partial charge in [-0.1, -0.05) is 26.0 Å². The number of nitrogens with zero attached hydrogens (tertiary/aromatic N) is 1. The SMILES string of the molecule is CCCN(CCC)C(=O)/C=C/c1ccc(NS(C)(=O)=O)cc1. The average Bonchev–Trinajstić information content (AvgIpc) is 2.44. The maximum absolute atomic E-state index is 12.1. The van der Waals surface area contributed by atoms with Gasteiger partial charge in [0.25, 0.3) is 0 Å². The van der Waals surface area contributed by atoms with Gasteiger partial charge in [0.15, 0.2) is 0 Å². The summed E-state index contributed by atoms with van der Waals surface area (Å²) in [5.74, 6) is 0.00189. The van der Waals surface area contributed by atoms with Crippen LogP contribution < -0.4 is 4.72 Å². The number of amides is 1. The van der Waals surface area contributed by atoms with Crippen LogP contribution >= 0.6 is 0 Å². The molecule has 0 heterocycles. The highest BCUT2D eigenvalue weighted by molar-refractivity contribution is 7.92. The number of benzene rings is 1. The van der Waals surface area contributed by atoms with E-state index in [1.807, 2.05) is 18.7 Å². The fraction of sp³-hybridized carbons (Fsp3) is 0.438. The second kappa shape index (κ2) is 8.58. The van der Waals surface area contributed by atoms with Gasteiger partial charge in [-0.2, -0.15) is 0 Å². The van der Waals surface area contributed by atoms with Crippen LogP contribution in [0, 0.1) is 0 Å². The molecular weight excluding hydrogens is 300 g/mol. The summed E-state index contributed by atoms with van der Waals surface area (Å²) in [6.45, 7) is 5.61. The molecule has 0 bridgehead atoms. The van der Waals surface area contributed by atoms with Crippen molar-refractivity contribution in [2.45, 2.75) is 26.7 Å². The molecule has 0 aliphatic rings. The Hall–Kier alpha value is -1.82. The summed E-state index contributed by atoms with van der Waals surface area (Å²) in [4.78, 5) is 13.9. The third kappa shape index (κ3) is 6.76. The Morgan fingerprint density at radius 3 is 2.14 bits per heavy atom. The molecule has 0 aliphatic carbocycles. The summed E-state index contributed by atoms with van der Waals surface area (Å²) in [6, 6.07) is 6.87. The number of hydrogen-bond donors (Lipinski definition) is 1. The number of anilines is 1. The van der Waals surface area contributed by atoms with E-state index in [1.54, 1.807) is 36.4 Å². The molecule has 0 saturated heterocycles. The van der Waals surface area contributed by atoms with E-state index in [9.17, 15) is 13.2 Å². The Bertz CT molecular complexity index is 601. The van der Waals surface area contributed by atoms with Gasteiger partial charge < -0.3 is 4.90 Å². The van der Waals surface area contributed by atoms with Crippen molar-refractivity contribution in [3.63, 3.8) is 0 Å². The molecule has 0 radical (unpaired) electrons. The summed E-state index contributed by atoms with van der Waals surface area (Å²) in [5.41, 5.74) is 1.35. The fourth-order valence-electron chi connectivity index (χ4n) is 2.02. The molecule has 1 aromatic carbocycles. The number of carbonyl (C=O) groups excluding carboxylic acids is 1. The molecule has 0 aliphatic heterocycles. The molecule has 0 fully saturated rings. The topological polar surface area (TPSA) is 66.5 Å².